The fourth-order valence-corrected chi connectivity index (χ4v) is 2.69. The van der Waals surface area contributed by atoms with E-state index >= 15 is 0 Å². The number of para-hydroxylation sites is 3. The zero-order valence-corrected chi connectivity index (χ0v) is 17.1. The van der Waals surface area contributed by atoms with Gasteiger partial charge in [0.1, 0.15) is 25.4 Å². The molecule has 0 saturated carbocycles. The molecule has 0 heterocycles. The molecule has 0 aliphatic rings. The van der Waals surface area contributed by atoms with Crippen LogP contribution in [0.3, 0.4) is 0 Å². The lowest BCUT2D eigenvalue weighted by atomic mass is 10.2. The summed E-state index contributed by atoms with van der Waals surface area (Å²) in [4.78, 5) is 47.1. The molecule has 0 aliphatic heterocycles. The van der Waals surface area contributed by atoms with Gasteiger partial charge < -0.3 is 19.1 Å². The molecular weight excluding hydrogens is 408 g/mol. The molecule has 1 atom stereocenters. The summed E-state index contributed by atoms with van der Waals surface area (Å²) >= 11 is 0. The van der Waals surface area contributed by atoms with E-state index in [-0.39, 0.29) is 31.1 Å². The minimum Gasteiger partial charge on any atom is -0.462 e. The minimum atomic E-state index is -0.971. The van der Waals surface area contributed by atoms with Crippen LogP contribution in [0.25, 0.3) is 0 Å². The predicted molar refractivity (Wildman–Crippen MR) is 110 cm³/mol. The molecule has 0 bridgehead atoms. The monoisotopic (exact) mass is 430 g/mol. The van der Waals surface area contributed by atoms with Crippen molar-refractivity contribution < 1.29 is 33.5 Å². The Kier molecular flexibility index (Phi) is 8.50. The normalized spacial score (nSPS) is 11.2. The maximum Gasteiger partial charge on any atom is 0.326 e. The van der Waals surface area contributed by atoms with Crippen LogP contribution in [0, 0.1) is 10.1 Å². The van der Waals surface area contributed by atoms with Crippen LogP contribution in [-0.2, 0) is 28.6 Å². The van der Waals surface area contributed by atoms with Crippen LogP contribution in [0.1, 0.15) is 13.8 Å². The lowest BCUT2D eigenvalue weighted by Crippen LogP contribution is -2.33. The molecule has 0 fully saturated rings. The summed E-state index contributed by atoms with van der Waals surface area (Å²) in [7, 11) is 0. The van der Waals surface area contributed by atoms with Crippen LogP contribution < -0.4 is 4.90 Å². The lowest BCUT2D eigenvalue weighted by Gasteiger charge is -2.24. The second-order valence-corrected chi connectivity index (χ2v) is 6.38. The number of rotatable bonds is 10. The van der Waals surface area contributed by atoms with Gasteiger partial charge in [0.25, 0.3) is 5.69 Å². The summed E-state index contributed by atoms with van der Waals surface area (Å²) in [5.41, 5.74) is 0.587. The van der Waals surface area contributed by atoms with Gasteiger partial charge >= 0.3 is 17.9 Å². The van der Waals surface area contributed by atoms with Crippen LogP contribution in [0.5, 0.6) is 0 Å². The zero-order chi connectivity index (χ0) is 22.8. The molecule has 0 amide bonds. The number of hydrogen-bond acceptors (Lipinski definition) is 9. The summed E-state index contributed by atoms with van der Waals surface area (Å²) in [6, 6.07) is 14.7. The predicted octanol–water partition coefficient (Wildman–Crippen LogP) is 2.77. The third-order valence-corrected chi connectivity index (χ3v) is 3.96. The fraction of sp³-hybridized carbons (Fsp3) is 0.286. The summed E-state index contributed by atoms with van der Waals surface area (Å²) in [5.74, 6) is -1.92. The van der Waals surface area contributed by atoms with Crippen molar-refractivity contribution in [2.24, 2.45) is 0 Å². The third-order valence-electron chi connectivity index (χ3n) is 3.96. The van der Waals surface area contributed by atoms with Gasteiger partial charge in [-0.05, 0) is 18.2 Å². The Bertz CT molecular complexity index is 932. The van der Waals surface area contributed by atoms with Gasteiger partial charge in [-0.2, -0.15) is 0 Å². The number of anilines is 2. The molecule has 2 aromatic rings. The Hall–Kier alpha value is -3.95. The molecule has 0 saturated heterocycles. The van der Waals surface area contributed by atoms with E-state index in [4.69, 9.17) is 14.2 Å². The molecule has 164 valence electrons. The average Bonchev–Trinajstić information content (AvgIpc) is 2.74. The van der Waals surface area contributed by atoms with Crippen molar-refractivity contribution in [2.75, 3.05) is 24.7 Å². The largest absolute Gasteiger partial charge is 0.462 e. The van der Waals surface area contributed by atoms with Crippen LogP contribution in [0.4, 0.5) is 17.1 Å². The Labute approximate surface area is 178 Å². The van der Waals surface area contributed by atoms with Crippen molar-refractivity contribution in [3.8, 4) is 0 Å². The minimum absolute atomic E-state index is 0.174. The number of hydrogen-bond donors (Lipinski definition) is 0. The number of nitro benzene ring substituents is 1. The molecule has 0 spiro atoms. The van der Waals surface area contributed by atoms with E-state index in [2.05, 4.69) is 0 Å². The number of nitrogens with zero attached hydrogens (tertiary/aromatic N) is 2. The molecule has 2 aromatic carbocycles. The molecule has 31 heavy (non-hydrogen) atoms. The first-order chi connectivity index (χ1) is 14.8. The number of benzene rings is 2. The Balaban J connectivity index is 2.17. The first-order valence-electron chi connectivity index (χ1n) is 9.30. The van der Waals surface area contributed by atoms with Gasteiger partial charge in [-0.1, -0.05) is 30.3 Å². The van der Waals surface area contributed by atoms with E-state index in [0.29, 0.717) is 5.69 Å². The summed E-state index contributed by atoms with van der Waals surface area (Å²) in [5, 5.41) is 11.5. The summed E-state index contributed by atoms with van der Waals surface area (Å²) in [6.07, 6.45) is -0.971. The highest BCUT2D eigenvalue weighted by Gasteiger charge is 2.24. The Morgan fingerprint density at radius 3 is 2.16 bits per heavy atom. The topological polar surface area (TPSA) is 125 Å². The number of ether oxygens (including phenoxy) is 3. The van der Waals surface area contributed by atoms with Crippen LogP contribution in [0.2, 0.25) is 0 Å². The lowest BCUT2D eigenvalue weighted by molar-refractivity contribution is -0.384. The van der Waals surface area contributed by atoms with Gasteiger partial charge in [-0.15, -0.1) is 0 Å². The van der Waals surface area contributed by atoms with E-state index in [1.165, 1.54) is 36.9 Å². The number of nitro groups is 1. The van der Waals surface area contributed by atoms with E-state index < -0.39 is 28.9 Å². The van der Waals surface area contributed by atoms with E-state index in [1.807, 2.05) is 0 Å². The second-order valence-electron chi connectivity index (χ2n) is 6.38. The molecule has 0 aromatic heterocycles. The first kappa shape index (κ1) is 23.3. The highest BCUT2D eigenvalue weighted by Crippen LogP contribution is 2.33. The maximum atomic E-state index is 12.5. The van der Waals surface area contributed by atoms with Crippen molar-refractivity contribution >= 4 is 35.0 Å². The van der Waals surface area contributed by atoms with Gasteiger partial charge in [0, 0.05) is 25.6 Å². The van der Waals surface area contributed by atoms with E-state index in [0.717, 1.165) is 0 Å². The summed E-state index contributed by atoms with van der Waals surface area (Å²) in [6.45, 7) is 1.42. The molecule has 0 aliphatic carbocycles. The Morgan fingerprint density at radius 1 is 0.935 bits per heavy atom. The molecule has 2 rings (SSSR count). The Morgan fingerprint density at radius 2 is 1.55 bits per heavy atom. The third kappa shape index (κ3) is 7.42. The van der Waals surface area contributed by atoms with E-state index in [9.17, 15) is 24.5 Å². The molecule has 0 radical (unpaired) electrons. The molecule has 10 nitrogen and oxygen atoms in total. The highest BCUT2D eigenvalue weighted by atomic mass is 16.6. The number of esters is 3. The smallest absolute Gasteiger partial charge is 0.326 e. The molecular formula is C21H22N2O8. The number of carbonyl (C=O) groups is 3. The van der Waals surface area contributed by atoms with Crippen molar-refractivity contribution in [2.45, 2.75) is 20.0 Å². The van der Waals surface area contributed by atoms with Crippen molar-refractivity contribution in [1.29, 1.82) is 0 Å². The number of carbonyl (C=O) groups excluding carboxylic acids is 3. The standard InChI is InChI=1S/C21H22N2O8/c1-15(24)29-13-18(31-16(2)25)14-30-21(26)12-22(17-8-4-3-5-9-17)19-10-6-7-11-20(19)23(27)28/h3-11,18H,12-14H2,1-2H3. The first-order valence-corrected chi connectivity index (χ1v) is 9.30. The van der Waals surface area contributed by atoms with Gasteiger partial charge in [0.2, 0.25) is 0 Å². The second kappa shape index (κ2) is 11.3. The van der Waals surface area contributed by atoms with Crippen molar-refractivity contribution in [3.63, 3.8) is 0 Å². The van der Waals surface area contributed by atoms with Gasteiger partial charge in [-0.3, -0.25) is 24.5 Å². The quantitative estimate of drug-likeness (QED) is 0.242. The van der Waals surface area contributed by atoms with Gasteiger partial charge in [-0.25, -0.2) is 0 Å². The van der Waals surface area contributed by atoms with Gasteiger partial charge in [0.15, 0.2) is 6.10 Å². The molecule has 10 heteroatoms. The zero-order valence-electron chi connectivity index (χ0n) is 17.1. The molecule has 1 unspecified atom stereocenters. The average molecular weight is 430 g/mol. The summed E-state index contributed by atoms with van der Waals surface area (Å²) < 4.78 is 15.0. The fourth-order valence-electron chi connectivity index (χ4n) is 2.69. The van der Waals surface area contributed by atoms with Crippen LogP contribution in [0.15, 0.2) is 54.6 Å². The van der Waals surface area contributed by atoms with Crippen LogP contribution in [-0.4, -0.2) is 48.7 Å². The van der Waals surface area contributed by atoms with Gasteiger partial charge in [0.05, 0.1) is 4.92 Å². The van der Waals surface area contributed by atoms with Crippen molar-refractivity contribution in [1.82, 2.24) is 0 Å². The maximum absolute atomic E-state index is 12.5. The van der Waals surface area contributed by atoms with Crippen molar-refractivity contribution in [3.05, 3.63) is 64.7 Å². The highest BCUT2D eigenvalue weighted by molar-refractivity contribution is 5.82. The van der Waals surface area contributed by atoms with E-state index in [1.54, 1.807) is 36.4 Å². The molecule has 0 N–H and O–H groups in total. The SMILES string of the molecule is CC(=O)OCC(COC(=O)CN(c1ccccc1)c1ccccc1[N+](=O)[O-])OC(C)=O. The van der Waals surface area contributed by atoms with Crippen LogP contribution >= 0.6 is 0 Å².